The quantitative estimate of drug-likeness (QED) is 0.633. The Morgan fingerprint density at radius 2 is 1.78 bits per heavy atom. The summed E-state index contributed by atoms with van der Waals surface area (Å²) < 4.78 is 2.54. The summed E-state index contributed by atoms with van der Waals surface area (Å²) in [6.45, 7) is 0. The third-order valence-electron chi connectivity index (χ3n) is 2.11. The first kappa shape index (κ1) is 12.3. The molecule has 1 aromatic heterocycles. The second-order valence-electron chi connectivity index (χ2n) is 3.48. The number of amides is 1. The van der Waals surface area contributed by atoms with Crippen molar-refractivity contribution in [2.24, 2.45) is 0 Å². The first-order valence-electron chi connectivity index (χ1n) is 5.29. The molecule has 0 aliphatic rings. The number of pyridine rings is 1. The summed E-state index contributed by atoms with van der Waals surface area (Å²) in [6.07, 6.45) is 3.47. The molecule has 0 spiro atoms. The van der Waals surface area contributed by atoms with Crippen LogP contribution < -0.4 is 10.1 Å². The highest BCUT2D eigenvalue weighted by Crippen LogP contribution is 2.09. The van der Waals surface area contributed by atoms with E-state index in [0.717, 1.165) is 10.0 Å². The smallest absolute Gasteiger partial charge is 0.254 e. The van der Waals surface area contributed by atoms with Gasteiger partial charge in [-0.05, 0) is 24.3 Å². The predicted molar refractivity (Wildman–Crippen MR) is 72.0 cm³/mol. The van der Waals surface area contributed by atoms with Crippen molar-refractivity contribution < 1.29 is 9.47 Å². The Morgan fingerprint density at radius 1 is 1.11 bits per heavy atom. The highest BCUT2D eigenvalue weighted by Gasteiger charge is 2.01. The van der Waals surface area contributed by atoms with E-state index in [0.29, 0.717) is 0 Å². The molecule has 0 bridgehead atoms. The molecule has 88 valence electrons. The van der Waals surface area contributed by atoms with Crippen molar-refractivity contribution in [1.29, 1.82) is 0 Å². The minimum atomic E-state index is -0.353. The standard InChI is InChI=1S/C14H9BrN2O/c15-13-7-4-12(5-8-13)6-9-14(18)16-17-10-2-1-3-11-17/h1-5,7-8,10-11H/p+1. The van der Waals surface area contributed by atoms with Crippen LogP contribution in [-0.2, 0) is 4.79 Å². The molecule has 0 saturated heterocycles. The second kappa shape index (κ2) is 5.99. The van der Waals surface area contributed by atoms with Gasteiger partial charge in [0.05, 0.1) is 0 Å². The maximum atomic E-state index is 11.5. The van der Waals surface area contributed by atoms with Gasteiger partial charge in [0.2, 0.25) is 0 Å². The summed E-state index contributed by atoms with van der Waals surface area (Å²) in [5, 5.41) is 0. The highest BCUT2D eigenvalue weighted by molar-refractivity contribution is 9.10. The molecule has 0 saturated carbocycles. The Hall–Kier alpha value is -2.12. The van der Waals surface area contributed by atoms with Gasteiger partial charge in [-0.1, -0.05) is 32.6 Å². The maximum absolute atomic E-state index is 11.5. The van der Waals surface area contributed by atoms with E-state index in [2.05, 4.69) is 33.2 Å². The van der Waals surface area contributed by atoms with Crippen LogP contribution in [0.4, 0.5) is 0 Å². The van der Waals surface area contributed by atoms with Gasteiger partial charge in [-0.2, -0.15) is 0 Å². The zero-order chi connectivity index (χ0) is 12.8. The molecule has 0 radical (unpaired) electrons. The SMILES string of the molecule is O=C(C#Cc1ccc(Br)cc1)N[n+]1ccccc1. The summed E-state index contributed by atoms with van der Waals surface area (Å²) in [5.74, 6) is 4.97. The summed E-state index contributed by atoms with van der Waals surface area (Å²) in [4.78, 5) is 11.5. The van der Waals surface area contributed by atoms with Crippen molar-refractivity contribution in [3.63, 3.8) is 0 Å². The van der Waals surface area contributed by atoms with E-state index in [1.807, 2.05) is 42.5 Å². The van der Waals surface area contributed by atoms with Gasteiger partial charge in [0.1, 0.15) is 0 Å². The number of rotatable bonds is 1. The average molecular weight is 302 g/mol. The Balaban J connectivity index is 2.02. The van der Waals surface area contributed by atoms with Gasteiger partial charge < -0.3 is 0 Å². The number of hydrogen-bond donors (Lipinski definition) is 1. The number of carbonyl (C=O) groups excluding carboxylic acids is 1. The van der Waals surface area contributed by atoms with Crippen molar-refractivity contribution >= 4 is 21.8 Å². The van der Waals surface area contributed by atoms with E-state index in [4.69, 9.17) is 0 Å². The summed E-state index contributed by atoms with van der Waals surface area (Å²) in [5.41, 5.74) is 3.42. The molecule has 1 amide bonds. The first-order chi connectivity index (χ1) is 8.74. The summed E-state index contributed by atoms with van der Waals surface area (Å²) in [7, 11) is 0. The van der Waals surface area contributed by atoms with E-state index in [9.17, 15) is 4.79 Å². The lowest BCUT2D eigenvalue weighted by molar-refractivity contribution is -0.641. The number of nitrogens with zero attached hydrogens (tertiary/aromatic N) is 1. The van der Waals surface area contributed by atoms with E-state index < -0.39 is 0 Å². The van der Waals surface area contributed by atoms with Crippen LogP contribution in [0.2, 0.25) is 0 Å². The average Bonchev–Trinajstić information content (AvgIpc) is 2.39. The molecule has 2 rings (SSSR count). The van der Waals surface area contributed by atoms with Gasteiger partial charge in [0, 0.05) is 28.1 Å². The minimum Gasteiger partial charge on any atom is -0.254 e. The topological polar surface area (TPSA) is 33.0 Å². The van der Waals surface area contributed by atoms with Crippen LogP contribution in [0.25, 0.3) is 0 Å². The van der Waals surface area contributed by atoms with Gasteiger partial charge in [0.15, 0.2) is 12.4 Å². The largest absolute Gasteiger partial charge is 0.349 e. The third-order valence-corrected chi connectivity index (χ3v) is 2.64. The molecule has 0 aliphatic carbocycles. The Kier molecular flexibility index (Phi) is 4.11. The number of nitrogens with one attached hydrogen (secondary N) is 1. The lowest BCUT2D eigenvalue weighted by atomic mass is 10.2. The number of halogens is 1. The second-order valence-corrected chi connectivity index (χ2v) is 4.40. The first-order valence-corrected chi connectivity index (χ1v) is 6.08. The van der Waals surface area contributed by atoms with Gasteiger partial charge in [0.25, 0.3) is 0 Å². The monoisotopic (exact) mass is 301 g/mol. The fourth-order valence-electron chi connectivity index (χ4n) is 1.28. The molecule has 0 aliphatic heterocycles. The van der Waals surface area contributed by atoms with Crippen LogP contribution in [0.15, 0.2) is 59.3 Å². The maximum Gasteiger partial charge on any atom is 0.349 e. The normalized spacial score (nSPS) is 9.17. The molecule has 3 nitrogen and oxygen atoms in total. The van der Waals surface area contributed by atoms with Crippen LogP contribution in [0.3, 0.4) is 0 Å². The molecular weight excluding hydrogens is 292 g/mol. The molecule has 0 fully saturated rings. The third kappa shape index (κ3) is 3.72. The minimum absolute atomic E-state index is 0.353. The van der Waals surface area contributed by atoms with Gasteiger partial charge in [-0.3, -0.25) is 4.79 Å². The molecule has 0 unspecified atom stereocenters. The zero-order valence-corrected chi connectivity index (χ0v) is 11.0. The van der Waals surface area contributed by atoms with Crippen LogP contribution in [0, 0.1) is 11.8 Å². The lowest BCUT2D eigenvalue weighted by Gasteiger charge is -1.92. The number of hydrogen-bond acceptors (Lipinski definition) is 1. The van der Waals surface area contributed by atoms with Gasteiger partial charge in [-0.25, -0.2) is 0 Å². The van der Waals surface area contributed by atoms with E-state index in [1.54, 1.807) is 17.1 Å². The fourth-order valence-corrected chi connectivity index (χ4v) is 1.54. The van der Waals surface area contributed by atoms with Crippen LogP contribution >= 0.6 is 15.9 Å². The summed E-state index contributed by atoms with van der Waals surface area (Å²) >= 11 is 3.34. The molecular formula is C14H10BrN2O+. The van der Waals surface area contributed by atoms with Crippen molar-refractivity contribution in [3.8, 4) is 11.8 Å². The predicted octanol–water partition coefficient (Wildman–Crippen LogP) is 1.86. The van der Waals surface area contributed by atoms with E-state index >= 15 is 0 Å². The van der Waals surface area contributed by atoms with Gasteiger partial charge >= 0.3 is 5.91 Å². The van der Waals surface area contributed by atoms with Crippen molar-refractivity contribution in [2.75, 3.05) is 5.43 Å². The highest BCUT2D eigenvalue weighted by atomic mass is 79.9. The van der Waals surface area contributed by atoms with Crippen LogP contribution in [0.1, 0.15) is 5.56 Å². The molecule has 18 heavy (non-hydrogen) atoms. The molecule has 1 N–H and O–H groups in total. The Morgan fingerprint density at radius 3 is 2.44 bits per heavy atom. The molecule has 1 aromatic carbocycles. The molecule has 4 heteroatoms. The van der Waals surface area contributed by atoms with Crippen LogP contribution in [-0.4, -0.2) is 5.91 Å². The lowest BCUT2D eigenvalue weighted by Crippen LogP contribution is -2.47. The van der Waals surface area contributed by atoms with Crippen LogP contribution in [0.5, 0.6) is 0 Å². The molecule has 1 heterocycles. The van der Waals surface area contributed by atoms with Crippen molar-refractivity contribution in [2.45, 2.75) is 0 Å². The number of aromatic nitrogens is 1. The van der Waals surface area contributed by atoms with E-state index in [-0.39, 0.29) is 5.91 Å². The fraction of sp³-hybridized carbons (Fsp3) is 0. The Labute approximate surface area is 114 Å². The number of carbonyl (C=O) groups is 1. The van der Waals surface area contributed by atoms with Crippen molar-refractivity contribution in [3.05, 3.63) is 64.9 Å². The van der Waals surface area contributed by atoms with E-state index in [1.165, 1.54) is 0 Å². The number of benzene rings is 1. The summed E-state index contributed by atoms with van der Waals surface area (Å²) in [6, 6.07) is 13.0. The van der Waals surface area contributed by atoms with Gasteiger partial charge in [-0.15, -0.1) is 5.43 Å². The molecule has 0 atom stereocenters. The molecule has 2 aromatic rings. The zero-order valence-electron chi connectivity index (χ0n) is 9.43. The Bertz CT molecular complexity index is 597. The van der Waals surface area contributed by atoms with Crippen molar-refractivity contribution in [1.82, 2.24) is 0 Å².